The van der Waals surface area contributed by atoms with Gasteiger partial charge in [-0.2, -0.15) is 0 Å². The molecule has 104 valence electrons. The third-order valence-electron chi connectivity index (χ3n) is 3.21. The smallest absolute Gasteiger partial charge is 0.324 e. The van der Waals surface area contributed by atoms with Gasteiger partial charge >= 0.3 is 6.03 Å². The molecule has 1 unspecified atom stereocenters. The molecule has 6 nitrogen and oxygen atoms in total. The van der Waals surface area contributed by atoms with E-state index in [1.807, 2.05) is 18.2 Å². The quantitative estimate of drug-likeness (QED) is 0.739. The molecule has 0 radical (unpaired) electrons. The lowest BCUT2D eigenvalue weighted by atomic mass is 10.1. The highest BCUT2D eigenvalue weighted by atomic mass is 16.3. The highest BCUT2D eigenvalue weighted by molar-refractivity contribution is 5.94. The summed E-state index contributed by atoms with van der Waals surface area (Å²) in [6.07, 6.45) is -0.775. The van der Waals surface area contributed by atoms with Crippen LogP contribution in [-0.2, 0) is 6.54 Å². The Kier molecular flexibility index (Phi) is 3.92. The van der Waals surface area contributed by atoms with Crippen molar-refractivity contribution in [1.82, 2.24) is 4.90 Å². The third kappa shape index (κ3) is 2.80. The molecule has 1 aliphatic rings. The molecule has 1 aromatic rings. The number of amides is 2. The van der Waals surface area contributed by atoms with Crippen LogP contribution in [0.4, 0.5) is 16.2 Å². The van der Waals surface area contributed by atoms with Crippen LogP contribution in [0.2, 0.25) is 0 Å². The van der Waals surface area contributed by atoms with E-state index in [1.54, 1.807) is 23.9 Å². The van der Waals surface area contributed by atoms with Gasteiger partial charge in [0, 0.05) is 32.9 Å². The number of anilines is 2. The number of urea groups is 1. The fourth-order valence-corrected chi connectivity index (χ4v) is 2.13. The Morgan fingerprint density at radius 2 is 2.16 bits per heavy atom. The predicted molar refractivity (Wildman–Crippen MR) is 73.3 cm³/mol. The van der Waals surface area contributed by atoms with E-state index in [2.05, 4.69) is 5.32 Å². The lowest BCUT2D eigenvalue weighted by molar-refractivity contribution is 0.105. The first-order valence-corrected chi connectivity index (χ1v) is 6.17. The number of hydrogen-bond donors (Lipinski definition) is 3. The highest BCUT2D eigenvalue weighted by Gasteiger charge is 2.24. The van der Waals surface area contributed by atoms with Crippen molar-refractivity contribution in [3.63, 3.8) is 0 Å². The van der Waals surface area contributed by atoms with Crippen LogP contribution >= 0.6 is 0 Å². The van der Waals surface area contributed by atoms with Gasteiger partial charge in [0.1, 0.15) is 0 Å². The van der Waals surface area contributed by atoms with Crippen LogP contribution in [0.1, 0.15) is 5.56 Å². The minimum Gasteiger partial charge on any atom is -0.394 e. The maximum absolute atomic E-state index is 11.8. The van der Waals surface area contributed by atoms with Gasteiger partial charge in [-0.15, -0.1) is 0 Å². The number of aliphatic hydroxyl groups is 2. The van der Waals surface area contributed by atoms with E-state index in [4.69, 9.17) is 5.11 Å². The topological polar surface area (TPSA) is 76.0 Å². The molecule has 1 aliphatic heterocycles. The number of rotatable bonds is 4. The van der Waals surface area contributed by atoms with Crippen LogP contribution in [-0.4, -0.2) is 54.5 Å². The Hall–Kier alpha value is -1.79. The van der Waals surface area contributed by atoms with E-state index in [0.717, 1.165) is 16.9 Å². The van der Waals surface area contributed by atoms with Crippen LogP contribution < -0.4 is 10.2 Å². The maximum Gasteiger partial charge on any atom is 0.324 e. The summed E-state index contributed by atoms with van der Waals surface area (Å²) < 4.78 is 0. The summed E-state index contributed by atoms with van der Waals surface area (Å²) in [5.74, 6) is 0. The molecule has 6 heteroatoms. The van der Waals surface area contributed by atoms with Gasteiger partial charge in [0.05, 0.1) is 18.4 Å². The third-order valence-corrected chi connectivity index (χ3v) is 3.21. The number of nitrogens with one attached hydrogen (secondary N) is 1. The van der Waals surface area contributed by atoms with Gasteiger partial charge in [0.15, 0.2) is 0 Å². The average Bonchev–Trinajstić information content (AvgIpc) is 2.42. The molecule has 0 saturated heterocycles. The molecule has 1 atom stereocenters. The van der Waals surface area contributed by atoms with Crippen molar-refractivity contribution in [2.75, 3.05) is 37.5 Å². The lowest BCUT2D eigenvalue weighted by Crippen LogP contribution is -2.42. The first-order chi connectivity index (χ1) is 9.02. The fraction of sp³-hybridized carbons (Fsp3) is 0.462. The van der Waals surface area contributed by atoms with E-state index in [1.165, 1.54) is 0 Å². The van der Waals surface area contributed by atoms with E-state index < -0.39 is 6.10 Å². The van der Waals surface area contributed by atoms with Crippen LogP contribution in [0.15, 0.2) is 18.2 Å². The summed E-state index contributed by atoms with van der Waals surface area (Å²) in [4.78, 5) is 15.1. The molecule has 2 amide bonds. The Labute approximate surface area is 112 Å². The monoisotopic (exact) mass is 265 g/mol. The summed E-state index contributed by atoms with van der Waals surface area (Å²) in [6.45, 7) is 0.592. The molecule has 0 aromatic heterocycles. The summed E-state index contributed by atoms with van der Waals surface area (Å²) in [6, 6.07) is 5.68. The number of nitrogens with zero attached hydrogens (tertiary/aromatic N) is 2. The second-order valence-corrected chi connectivity index (χ2v) is 4.76. The second kappa shape index (κ2) is 5.46. The SMILES string of the molecule is CN1Cc2cc(NCC(O)CO)ccc2N(C)C1=O. The molecule has 1 aromatic carbocycles. The highest BCUT2D eigenvalue weighted by Crippen LogP contribution is 2.29. The fourth-order valence-electron chi connectivity index (χ4n) is 2.13. The zero-order valence-electron chi connectivity index (χ0n) is 11.1. The molecule has 0 spiro atoms. The van der Waals surface area contributed by atoms with E-state index in [9.17, 15) is 9.90 Å². The van der Waals surface area contributed by atoms with Gasteiger partial charge < -0.3 is 20.4 Å². The summed E-state index contributed by atoms with van der Waals surface area (Å²) in [7, 11) is 3.51. The maximum atomic E-state index is 11.8. The number of aliphatic hydroxyl groups excluding tert-OH is 2. The van der Waals surface area contributed by atoms with Crippen LogP contribution in [0.25, 0.3) is 0 Å². The standard InChI is InChI=1S/C13H19N3O3/c1-15-7-9-5-10(14-6-11(18)8-17)3-4-12(9)16(2)13(15)19/h3-5,11,14,17-18H,6-8H2,1-2H3. The Balaban J connectivity index is 2.15. The van der Waals surface area contributed by atoms with Crippen molar-refractivity contribution in [3.05, 3.63) is 23.8 Å². The van der Waals surface area contributed by atoms with Crippen molar-refractivity contribution in [1.29, 1.82) is 0 Å². The normalized spacial score (nSPS) is 16.3. The van der Waals surface area contributed by atoms with Gasteiger partial charge in [-0.05, 0) is 23.8 Å². The van der Waals surface area contributed by atoms with Gasteiger partial charge in [-0.25, -0.2) is 4.79 Å². The number of carbonyl (C=O) groups is 1. The first kappa shape index (κ1) is 13.6. The minimum absolute atomic E-state index is 0.0242. The van der Waals surface area contributed by atoms with Gasteiger partial charge in [-0.1, -0.05) is 0 Å². The number of fused-ring (bicyclic) bond motifs is 1. The van der Waals surface area contributed by atoms with Gasteiger partial charge in [-0.3, -0.25) is 4.90 Å². The first-order valence-electron chi connectivity index (χ1n) is 6.17. The molecular formula is C13H19N3O3. The molecule has 1 heterocycles. The molecule has 0 fully saturated rings. The zero-order chi connectivity index (χ0) is 14.0. The molecule has 2 rings (SSSR count). The molecule has 0 saturated carbocycles. The van der Waals surface area contributed by atoms with Gasteiger partial charge in [0.2, 0.25) is 0 Å². The summed E-state index contributed by atoms with van der Waals surface area (Å²) >= 11 is 0. The van der Waals surface area contributed by atoms with E-state index >= 15 is 0 Å². The van der Waals surface area contributed by atoms with E-state index in [0.29, 0.717) is 13.1 Å². The minimum atomic E-state index is -0.775. The number of hydrogen-bond acceptors (Lipinski definition) is 4. The molecule has 0 aliphatic carbocycles. The molecule has 3 N–H and O–H groups in total. The zero-order valence-corrected chi connectivity index (χ0v) is 11.1. The van der Waals surface area contributed by atoms with Crippen molar-refractivity contribution in [3.8, 4) is 0 Å². The van der Waals surface area contributed by atoms with E-state index in [-0.39, 0.29) is 12.6 Å². The van der Waals surface area contributed by atoms with Crippen molar-refractivity contribution < 1.29 is 15.0 Å². The Bertz CT molecular complexity index is 478. The summed E-state index contributed by atoms with van der Waals surface area (Å²) in [5.41, 5.74) is 2.81. The van der Waals surface area contributed by atoms with Crippen LogP contribution in [0.3, 0.4) is 0 Å². The average molecular weight is 265 g/mol. The number of carbonyl (C=O) groups excluding carboxylic acids is 1. The molecule has 19 heavy (non-hydrogen) atoms. The van der Waals surface area contributed by atoms with Crippen LogP contribution in [0.5, 0.6) is 0 Å². The lowest BCUT2D eigenvalue weighted by Gasteiger charge is -2.33. The predicted octanol–water partition coefficient (Wildman–Crippen LogP) is 0.453. The Morgan fingerprint density at radius 1 is 1.42 bits per heavy atom. The number of benzene rings is 1. The Morgan fingerprint density at radius 3 is 2.84 bits per heavy atom. The molecule has 0 bridgehead atoms. The summed E-state index contributed by atoms with van der Waals surface area (Å²) in [5, 5.41) is 21.1. The van der Waals surface area contributed by atoms with Crippen molar-refractivity contribution >= 4 is 17.4 Å². The van der Waals surface area contributed by atoms with Crippen molar-refractivity contribution in [2.24, 2.45) is 0 Å². The molecular weight excluding hydrogens is 246 g/mol. The van der Waals surface area contributed by atoms with Gasteiger partial charge in [0.25, 0.3) is 0 Å². The van der Waals surface area contributed by atoms with Crippen LogP contribution in [0, 0.1) is 0 Å². The van der Waals surface area contributed by atoms with Crippen molar-refractivity contribution in [2.45, 2.75) is 12.6 Å². The largest absolute Gasteiger partial charge is 0.394 e. The second-order valence-electron chi connectivity index (χ2n) is 4.76.